The largest absolute Gasteiger partial charge is 0.469 e. The zero-order valence-corrected chi connectivity index (χ0v) is 10.6. The van der Waals surface area contributed by atoms with E-state index in [-0.39, 0.29) is 30.3 Å². The summed E-state index contributed by atoms with van der Waals surface area (Å²) in [6, 6.07) is 9.03. The lowest BCUT2D eigenvalue weighted by atomic mass is 9.97. The molecule has 0 aromatic heterocycles. The van der Waals surface area contributed by atoms with Crippen LogP contribution in [-0.4, -0.2) is 19.0 Å². The highest BCUT2D eigenvalue weighted by Crippen LogP contribution is 2.30. The molecule has 2 atom stereocenters. The van der Waals surface area contributed by atoms with Gasteiger partial charge in [-0.25, -0.2) is 0 Å². The first-order chi connectivity index (χ1) is 9.13. The van der Waals surface area contributed by atoms with E-state index in [0.29, 0.717) is 12.0 Å². The number of ether oxygens (including phenoxy) is 1. The molecule has 98 valence electrons. The van der Waals surface area contributed by atoms with Gasteiger partial charge in [0, 0.05) is 0 Å². The predicted octanol–water partition coefficient (Wildman–Crippen LogP) is 1.30. The van der Waals surface area contributed by atoms with Gasteiger partial charge in [0.05, 0.1) is 37.1 Å². The number of esters is 1. The third-order valence-electron chi connectivity index (χ3n) is 3.29. The number of nitrogens with zero attached hydrogens (tertiary/aromatic N) is 1. The molecule has 1 fully saturated rings. The summed E-state index contributed by atoms with van der Waals surface area (Å²) in [7, 11) is 1.31. The summed E-state index contributed by atoms with van der Waals surface area (Å²) in [5.74, 6) is -0.839. The highest BCUT2D eigenvalue weighted by Gasteiger charge is 2.34. The first-order valence-corrected chi connectivity index (χ1v) is 6.01. The lowest BCUT2D eigenvalue weighted by molar-refractivity contribution is -0.143. The monoisotopic (exact) mass is 258 g/mol. The minimum absolute atomic E-state index is 0.102. The van der Waals surface area contributed by atoms with Crippen molar-refractivity contribution >= 4 is 11.9 Å². The molecule has 0 spiro atoms. The van der Waals surface area contributed by atoms with E-state index >= 15 is 0 Å². The van der Waals surface area contributed by atoms with Crippen LogP contribution in [0, 0.1) is 17.2 Å². The van der Waals surface area contributed by atoms with Crippen molar-refractivity contribution in [1.82, 2.24) is 5.32 Å². The van der Waals surface area contributed by atoms with Gasteiger partial charge in [-0.1, -0.05) is 12.1 Å². The van der Waals surface area contributed by atoms with Crippen LogP contribution >= 0.6 is 0 Å². The number of amides is 1. The number of hydrogen-bond donors (Lipinski definition) is 1. The van der Waals surface area contributed by atoms with Crippen molar-refractivity contribution in [2.45, 2.75) is 18.9 Å². The van der Waals surface area contributed by atoms with Crippen molar-refractivity contribution in [3.63, 3.8) is 0 Å². The van der Waals surface area contributed by atoms with Crippen LogP contribution in [0.4, 0.5) is 0 Å². The molecule has 1 aliphatic rings. The zero-order valence-electron chi connectivity index (χ0n) is 10.6. The second-order valence-electron chi connectivity index (χ2n) is 4.51. The topological polar surface area (TPSA) is 79.2 Å². The predicted molar refractivity (Wildman–Crippen MR) is 66.8 cm³/mol. The highest BCUT2D eigenvalue weighted by atomic mass is 16.5. The lowest BCUT2D eigenvalue weighted by Crippen LogP contribution is -2.23. The zero-order chi connectivity index (χ0) is 13.8. The molecule has 0 bridgehead atoms. The van der Waals surface area contributed by atoms with Crippen molar-refractivity contribution in [1.29, 1.82) is 5.26 Å². The molecule has 1 amide bonds. The van der Waals surface area contributed by atoms with Crippen LogP contribution in [0.3, 0.4) is 0 Å². The average molecular weight is 258 g/mol. The van der Waals surface area contributed by atoms with Gasteiger partial charge in [-0.2, -0.15) is 5.26 Å². The maximum Gasteiger partial charge on any atom is 0.306 e. The number of carbonyl (C=O) groups excluding carboxylic acids is 2. The fourth-order valence-electron chi connectivity index (χ4n) is 2.21. The molecule has 1 aromatic rings. The number of methoxy groups -OCH3 is 1. The Morgan fingerprint density at radius 3 is 2.74 bits per heavy atom. The minimum Gasteiger partial charge on any atom is -0.469 e. The van der Waals surface area contributed by atoms with Gasteiger partial charge in [0.1, 0.15) is 0 Å². The fraction of sp³-hybridized carbons (Fsp3) is 0.357. The van der Waals surface area contributed by atoms with Gasteiger partial charge in [-0.05, 0) is 24.1 Å². The molecule has 0 unspecified atom stereocenters. The third-order valence-corrected chi connectivity index (χ3v) is 3.29. The standard InChI is InChI=1S/C14H14N2O3/c1-19-13(17)7-11-6-12(16-14(11)18)10-4-2-9(8-15)3-5-10/h2-5,11-12H,6-7H2,1H3,(H,16,18)/t11-,12+/m0/s1. The number of nitrogens with one attached hydrogen (secondary N) is 1. The van der Waals surface area contributed by atoms with Crippen molar-refractivity contribution in [3.8, 4) is 6.07 Å². The SMILES string of the molecule is COC(=O)C[C@@H]1C[C@H](c2ccc(C#N)cc2)NC1=O. The van der Waals surface area contributed by atoms with Crippen LogP contribution in [-0.2, 0) is 14.3 Å². The quantitative estimate of drug-likeness (QED) is 0.829. The smallest absolute Gasteiger partial charge is 0.306 e. The molecule has 0 radical (unpaired) electrons. The first kappa shape index (κ1) is 13.1. The van der Waals surface area contributed by atoms with Crippen LogP contribution in [0.5, 0.6) is 0 Å². The summed E-state index contributed by atoms with van der Waals surface area (Å²) in [4.78, 5) is 23.0. The van der Waals surface area contributed by atoms with E-state index < -0.39 is 0 Å². The Hall–Kier alpha value is -2.35. The molecule has 1 N–H and O–H groups in total. The first-order valence-electron chi connectivity index (χ1n) is 6.01. The Morgan fingerprint density at radius 1 is 1.47 bits per heavy atom. The molecule has 5 heteroatoms. The van der Waals surface area contributed by atoms with Crippen LogP contribution in [0.25, 0.3) is 0 Å². The highest BCUT2D eigenvalue weighted by molar-refractivity contribution is 5.85. The molecule has 1 heterocycles. The number of carbonyl (C=O) groups is 2. The van der Waals surface area contributed by atoms with Gasteiger partial charge in [0.25, 0.3) is 0 Å². The second kappa shape index (κ2) is 5.53. The Morgan fingerprint density at radius 2 is 2.16 bits per heavy atom. The maximum atomic E-state index is 11.8. The normalized spacial score (nSPS) is 21.6. The van der Waals surface area contributed by atoms with E-state index in [1.54, 1.807) is 12.1 Å². The molecule has 1 saturated heterocycles. The van der Waals surface area contributed by atoms with Crippen molar-refractivity contribution < 1.29 is 14.3 Å². The van der Waals surface area contributed by atoms with E-state index in [0.717, 1.165) is 5.56 Å². The van der Waals surface area contributed by atoms with Crippen LogP contribution in [0.1, 0.15) is 30.0 Å². The minimum atomic E-state index is -0.374. The summed E-state index contributed by atoms with van der Waals surface area (Å²) in [6.45, 7) is 0. The molecular formula is C14H14N2O3. The Bertz CT molecular complexity index is 531. The van der Waals surface area contributed by atoms with Gasteiger partial charge in [-0.15, -0.1) is 0 Å². The van der Waals surface area contributed by atoms with Gasteiger partial charge >= 0.3 is 5.97 Å². The number of benzene rings is 1. The average Bonchev–Trinajstić information content (AvgIpc) is 2.80. The lowest BCUT2D eigenvalue weighted by Gasteiger charge is -2.10. The summed E-state index contributed by atoms with van der Waals surface area (Å²) >= 11 is 0. The molecule has 5 nitrogen and oxygen atoms in total. The van der Waals surface area contributed by atoms with Crippen molar-refractivity contribution in [2.75, 3.05) is 7.11 Å². The van der Waals surface area contributed by atoms with Crippen molar-refractivity contribution in [3.05, 3.63) is 35.4 Å². The van der Waals surface area contributed by atoms with Crippen LogP contribution in [0.2, 0.25) is 0 Å². The maximum absolute atomic E-state index is 11.8. The van der Waals surface area contributed by atoms with Crippen molar-refractivity contribution in [2.24, 2.45) is 5.92 Å². The van der Waals surface area contributed by atoms with Crippen LogP contribution in [0.15, 0.2) is 24.3 Å². The Kier molecular flexibility index (Phi) is 3.81. The van der Waals surface area contributed by atoms with Crippen LogP contribution < -0.4 is 5.32 Å². The van der Waals surface area contributed by atoms with E-state index in [1.807, 2.05) is 18.2 Å². The molecule has 0 aliphatic carbocycles. The molecule has 0 saturated carbocycles. The number of hydrogen-bond acceptors (Lipinski definition) is 4. The Labute approximate surface area is 111 Å². The third kappa shape index (κ3) is 2.91. The summed E-state index contributed by atoms with van der Waals surface area (Å²) in [5, 5.41) is 11.6. The summed E-state index contributed by atoms with van der Waals surface area (Å²) in [6.07, 6.45) is 0.676. The van der Waals surface area contributed by atoms with E-state index in [2.05, 4.69) is 10.1 Å². The van der Waals surface area contributed by atoms with Gasteiger partial charge in [0.15, 0.2) is 0 Å². The Balaban J connectivity index is 2.05. The molecule has 1 aromatic carbocycles. The second-order valence-corrected chi connectivity index (χ2v) is 4.51. The van der Waals surface area contributed by atoms with Gasteiger partial charge in [0.2, 0.25) is 5.91 Å². The van der Waals surface area contributed by atoms with E-state index in [9.17, 15) is 9.59 Å². The summed E-state index contributed by atoms with van der Waals surface area (Å²) in [5.41, 5.74) is 1.53. The molecular weight excluding hydrogens is 244 g/mol. The molecule has 19 heavy (non-hydrogen) atoms. The number of rotatable bonds is 3. The fourth-order valence-corrected chi connectivity index (χ4v) is 2.21. The van der Waals surface area contributed by atoms with Gasteiger partial charge in [-0.3, -0.25) is 9.59 Å². The van der Waals surface area contributed by atoms with E-state index in [1.165, 1.54) is 7.11 Å². The van der Waals surface area contributed by atoms with E-state index in [4.69, 9.17) is 5.26 Å². The summed E-state index contributed by atoms with van der Waals surface area (Å²) < 4.78 is 4.58. The molecule has 2 rings (SSSR count). The molecule has 1 aliphatic heterocycles. The van der Waals surface area contributed by atoms with Gasteiger partial charge < -0.3 is 10.1 Å². The number of nitriles is 1.